The quantitative estimate of drug-likeness (QED) is 0.613. The van der Waals surface area contributed by atoms with Gasteiger partial charge in [-0.05, 0) is 23.7 Å². The smallest absolute Gasteiger partial charge is 0.265 e. The van der Waals surface area contributed by atoms with Crippen molar-refractivity contribution in [3.05, 3.63) is 32.8 Å². The van der Waals surface area contributed by atoms with Gasteiger partial charge in [0.2, 0.25) is 6.10 Å². The molecule has 0 N–H and O–H groups in total. The molecular weight excluding hydrogens is 308 g/mol. The highest BCUT2D eigenvalue weighted by Gasteiger charge is 2.30. The van der Waals surface area contributed by atoms with Crippen LogP contribution in [0.5, 0.6) is 0 Å². The molecule has 0 saturated carbocycles. The van der Waals surface area contributed by atoms with E-state index in [9.17, 15) is 4.79 Å². The van der Waals surface area contributed by atoms with E-state index in [1.165, 1.54) is 0 Å². The summed E-state index contributed by atoms with van der Waals surface area (Å²) in [5, 5.41) is 4.17. The first-order valence-corrected chi connectivity index (χ1v) is 6.07. The Bertz CT molecular complexity index is 515. The molecule has 0 fully saturated rings. The maximum atomic E-state index is 10.9. The topological polar surface area (TPSA) is 38.7 Å². The van der Waals surface area contributed by atoms with Crippen LogP contribution in [0.2, 0.25) is 15.1 Å². The van der Waals surface area contributed by atoms with Crippen LogP contribution < -0.4 is 0 Å². The third-order valence-corrected chi connectivity index (χ3v) is 3.62. The van der Waals surface area contributed by atoms with E-state index in [1.807, 2.05) is 0 Å². The molecule has 1 atom stereocenters. The van der Waals surface area contributed by atoms with Gasteiger partial charge < -0.3 is 4.84 Å². The zero-order valence-electron chi connectivity index (χ0n) is 8.21. The number of nitrogens with zero attached hydrogens (tertiary/aromatic N) is 1. The monoisotopic (exact) mass is 311 g/mol. The number of halogens is 4. The zero-order valence-corrected chi connectivity index (χ0v) is 11.2. The summed E-state index contributed by atoms with van der Waals surface area (Å²) in [4.78, 5) is 15.8. The van der Waals surface area contributed by atoms with E-state index < -0.39 is 11.3 Å². The van der Waals surface area contributed by atoms with Crippen LogP contribution >= 0.6 is 46.4 Å². The van der Waals surface area contributed by atoms with Crippen molar-refractivity contribution < 1.29 is 9.63 Å². The van der Waals surface area contributed by atoms with Gasteiger partial charge in [0.05, 0.1) is 20.8 Å². The van der Waals surface area contributed by atoms with Crippen molar-refractivity contribution >= 4 is 57.4 Å². The number of rotatable bonds is 2. The Labute approximate surface area is 117 Å². The molecule has 1 aromatic rings. The van der Waals surface area contributed by atoms with Gasteiger partial charge in [-0.1, -0.05) is 40.0 Å². The molecule has 1 unspecified atom stereocenters. The number of carbonyl (C=O) groups excluding carboxylic acids is 1. The van der Waals surface area contributed by atoms with Gasteiger partial charge in [-0.3, -0.25) is 4.79 Å². The fourth-order valence-electron chi connectivity index (χ4n) is 1.44. The van der Waals surface area contributed by atoms with Crippen molar-refractivity contribution in [3.8, 4) is 0 Å². The number of benzene rings is 1. The highest BCUT2D eigenvalue weighted by Crippen LogP contribution is 2.34. The van der Waals surface area contributed by atoms with Gasteiger partial charge in [0.1, 0.15) is 0 Å². The lowest BCUT2D eigenvalue weighted by Crippen LogP contribution is -2.15. The van der Waals surface area contributed by atoms with Crippen LogP contribution in [0, 0.1) is 0 Å². The average Bonchev–Trinajstić information content (AvgIpc) is 2.73. The van der Waals surface area contributed by atoms with Crippen LogP contribution in [-0.4, -0.2) is 17.1 Å². The second-order valence-electron chi connectivity index (χ2n) is 3.36. The predicted molar refractivity (Wildman–Crippen MR) is 68.4 cm³/mol. The van der Waals surface area contributed by atoms with Gasteiger partial charge in [0.25, 0.3) is 5.24 Å². The summed E-state index contributed by atoms with van der Waals surface area (Å²) >= 11 is 23.2. The van der Waals surface area contributed by atoms with E-state index in [4.69, 9.17) is 51.2 Å². The first-order valence-electron chi connectivity index (χ1n) is 4.56. The second kappa shape index (κ2) is 5.02. The van der Waals surface area contributed by atoms with Crippen LogP contribution in [0.1, 0.15) is 12.0 Å². The van der Waals surface area contributed by atoms with Crippen molar-refractivity contribution in [2.24, 2.45) is 5.16 Å². The van der Waals surface area contributed by atoms with E-state index in [2.05, 4.69) is 5.16 Å². The molecule has 2 rings (SSSR count). The molecule has 7 heteroatoms. The molecular formula is C10H5Cl4NO2. The van der Waals surface area contributed by atoms with Crippen molar-refractivity contribution in [1.29, 1.82) is 0 Å². The summed E-state index contributed by atoms with van der Waals surface area (Å²) in [7, 11) is 0. The van der Waals surface area contributed by atoms with Crippen LogP contribution in [-0.2, 0) is 9.63 Å². The Kier molecular flexibility index (Phi) is 3.83. The normalized spacial score (nSPS) is 18.8. The average molecular weight is 313 g/mol. The maximum absolute atomic E-state index is 10.9. The highest BCUT2D eigenvalue weighted by atomic mass is 35.5. The van der Waals surface area contributed by atoms with Gasteiger partial charge in [0, 0.05) is 12.0 Å². The van der Waals surface area contributed by atoms with Crippen LogP contribution in [0.4, 0.5) is 0 Å². The molecule has 3 nitrogen and oxygen atoms in total. The number of carbonyl (C=O) groups is 1. The largest absolute Gasteiger partial charge is 0.382 e. The lowest BCUT2D eigenvalue weighted by atomic mass is 10.1. The fraction of sp³-hybridized carbons (Fsp3) is 0.200. The molecule has 17 heavy (non-hydrogen) atoms. The minimum absolute atomic E-state index is 0.224. The molecule has 1 heterocycles. The Morgan fingerprint density at radius 3 is 2.53 bits per heavy atom. The molecule has 0 bridgehead atoms. The third kappa shape index (κ3) is 2.52. The molecule has 1 aromatic carbocycles. The summed E-state index contributed by atoms with van der Waals surface area (Å²) in [5.41, 5.74) is 0.933. The van der Waals surface area contributed by atoms with Crippen LogP contribution in [0.15, 0.2) is 17.3 Å². The minimum Gasteiger partial charge on any atom is -0.382 e. The van der Waals surface area contributed by atoms with E-state index in [-0.39, 0.29) is 11.4 Å². The first kappa shape index (κ1) is 13.0. The molecule has 90 valence electrons. The van der Waals surface area contributed by atoms with Gasteiger partial charge in [-0.2, -0.15) is 0 Å². The Balaban J connectivity index is 2.37. The van der Waals surface area contributed by atoms with Crippen molar-refractivity contribution in [2.75, 3.05) is 0 Å². The van der Waals surface area contributed by atoms with Crippen molar-refractivity contribution in [1.82, 2.24) is 0 Å². The van der Waals surface area contributed by atoms with Crippen molar-refractivity contribution in [2.45, 2.75) is 12.5 Å². The molecule has 1 aliphatic heterocycles. The Hall–Kier alpha value is -0.480. The van der Waals surface area contributed by atoms with Gasteiger partial charge >= 0.3 is 0 Å². The number of hydrogen-bond donors (Lipinski definition) is 0. The second-order valence-corrected chi connectivity index (χ2v) is 4.92. The zero-order chi connectivity index (χ0) is 12.6. The molecule has 0 aromatic heterocycles. The molecule has 0 saturated heterocycles. The lowest BCUT2D eigenvalue weighted by Gasteiger charge is -2.06. The first-order chi connectivity index (χ1) is 8.00. The third-order valence-electron chi connectivity index (χ3n) is 2.25. The standard InChI is InChI=1S/C10H5Cl4NO2/c11-4-1-2-5(12)9(13)8(4)6-3-7(10(14)16)17-15-6/h1-2,7H,3H2. The fourth-order valence-corrected chi connectivity index (χ4v) is 2.30. The van der Waals surface area contributed by atoms with E-state index in [0.29, 0.717) is 21.3 Å². The Morgan fingerprint density at radius 1 is 1.29 bits per heavy atom. The minimum atomic E-state index is -0.794. The number of hydrogen-bond acceptors (Lipinski definition) is 3. The summed E-state index contributed by atoms with van der Waals surface area (Å²) in [5.74, 6) is 0. The summed E-state index contributed by atoms with van der Waals surface area (Å²) < 4.78 is 0. The number of oxime groups is 1. The van der Waals surface area contributed by atoms with E-state index in [1.54, 1.807) is 12.1 Å². The lowest BCUT2D eigenvalue weighted by molar-refractivity contribution is -0.120. The molecule has 1 aliphatic rings. The summed E-state index contributed by atoms with van der Waals surface area (Å²) in [6, 6.07) is 3.18. The molecule has 0 amide bonds. The SMILES string of the molecule is O=C(Cl)C1CC(c2c(Cl)ccc(Cl)c2Cl)=NO1. The van der Waals surface area contributed by atoms with Crippen molar-refractivity contribution in [3.63, 3.8) is 0 Å². The summed E-state index contributed by atoms with van der Waals surface area (Å²) in [6.45, 7) is 0. The van der Waals surface area contributed by atoms with E-state index >= 15 is 0 Å². The molecule has 0 spiro atoms. The van der Waals surface area contributed by atoms with Crippen LogP contribution in [0.3, 0.4) is 0 Å². The van der Waals surface area contributed by atoms with Gasteiger partial charge in [-0.25, -0.2) is 0 Å². The highest BCUT2D eigenvalue weighted by molar-refractivity contribution is 6.64. The van der Waals surface area contributed by atoms with Gasteiger partial charge in [0.15, 0.2) is 0 Å². The molecule has 0 aliphatic carbocycles. The van der Waals surface area contributed by atoms with Gasteiger partial charge in [-0.15, -0.1) is 0 Å². The maximum Gasteiger partial charge on any atom is 0.265 e. The predicted octanol–water partition coefficient (Wildman–Crippen LogP) is 3.91. The summed E-state index contributed by atoms with van der Waals surface area (Å²) in [6.07, 6.45) is -0.569. The van der Waals surface area contributed by atoms with E-state index in [0.717, 1.165) is 0 Å². The van der Waals surface area contributed by atoms with Crippen LogP contribution in [0.25, 0.3) is 0 Å². The Morgan fingerprint density at radius 2 is 1.94 bits per heavy atom. The molecule has 0 radical (unpaired) electrons.